The number of phenols is 1. The van der Waals surface area contributed by atoms with E-state index in [1.807, 2.05) is 61.5 Å². The Labute approximate surface area is 140 Å². The maximum absolute atomic E-state index is 10.8. The monoisotopic (exact) mass is 314 g/mol. The average molecular weight is 314 g/mol. The van der Waals surface area contributed by atoms with Crippen molar-refractivity contribution in [2.75, 3.05) is 0 Å². The highest BCUT2D eigenvalue weighted by molar-refractivity contribution is 6.09. The van der Waals surface area contributed by atoms with Crippen molar-refractivity contribution in [3.63, 3.8) is 0 Å². The second-order valence-electron chi connectivity index (χ2n) is 6.12. The van der Waals surface area contributed by atoms with Crippen LogP contribution in [0.1, 0.15) is 11.1 Å². The number of aliphatic hydroxyl groups is 1. The van der Waals surface area contributed by atoms with Gasteiger partial charge >= 0.3 is 0 Å². The molecule has 4 aromatic carbocycles. The Kier molecular flexibility index (Phi) is 3.47. The minimum atomic E-state index is -0.0676. The Morgan fingerprint density at radius 2 is 1.38 bits per heavy atom. The minimum absolute atomic E-state index is 0.0676. The quantitative estimate of drug-likeness (QED) is 0.536. The molecular formula is C22H18O2. The molecule has 2 N–H and O–H groups in total. The maximum atomic E-state index is 10.8. The van der Waals surface area contributed by atoms with Gasteiger partial charge in [0.1, 0.15) is 5.75 Å². The number of hydrogen-bond donors (Lipinski definition) is 2. The third kappa shape index (κ3) is 2.15. The van der Waals surface area contributed by atoms with Gasteiger partial charge in [-0.1, -0.05) is 60.7 Å². The SMILES string of the molecule is Cc1cc2ccccc2c(-c2c(CO)ccc3ccccc23)c1O. The molecule has 24 heavy (non-hydrogen) atoms. The van der Waals surface area contributed by atoms with E-state index >= 15 is 0 Å². The van der Waals surface area contributed by atoms with Gasteiger partial charge in [0.25, 0.3) is 0 Å². The van der Waals surface area contributed by atoms with Gasteiger partial charge in [-0.3, -0.25) is 0 Å². The predicted molar refractivity (Wildman–Crippen MR) is 99.2 cm³/mol. The fourth-order valence-electron chi connectivity index (χ4n) is 3.47. The summed E-state index contributed by atoms with van der Waals surface area (Å²) >= 11 is 0. The Morgan fingerprint density at radius 1 is 0.750 bits per heavy atom. The van der Waals surface area contributed by atoms with Gasteiger partial charge in [-0.25, -0.2) is 0 Å². The van der Waals surface area contributed by atoms with Crippen molar-refractivity contribution in [2.24, 2.45) is 0 Å². The third-order valence-electron chi connectivity index (χ3n) is 4.65. The second-order valence-corrected chi connectivity index (χ2v) is 6.12. The Balaban J connectivity index is 2.23. The van der Waals surface area contributed by atoms with Gasteiger partial charge in [-0.15, -0.1) is 0 Å². The fourth-order valence-corrected chi connectivity index (χ4v) is 3.47. The lowest BCUT2D eigenvalue weighted by Gasteiger charge is -2.17. The van der Waals surface area contributed by atoms with Crippen molar-refractivity contribution in [2.45, 2.75) is 13.5 Å². The van der Waals surface area contributed by atoms with Crippen LogP contribution in [-0.2, 0) is 6.61 Å². The molecule has 0 fully saturated rings. The van der Waals surface area contributed by atoms with Crippen LogP contribution in [0.2, 0.25) is 0 Å². The van der Waals surface area contributed by atoms with Crippen molar-refractivity contribution >= 4 is 21.5 Å². The zero-order chi connectivity index (χ0) is 16.7. The lowest BCUT2D eigenvalue weighted by atomic mass is 9.88. The molecule has 0 aliphatic rings. The Bertz CT molecular complexity index is 1060. The van der Waals surface area contributed by atoms with E-state index in [1.54, 1.807) is 0 Å². The topological polar surface area (TPSA) is 40.5 Å². The molecule has 2 nitrogen and oxygen atoms in total. The van der Waals surface area contributed by atoms with Gasteiger partial charge in [-0.05, 0) is 51.2 Å². The van der Waals surface area contributed by atoms with Crippen molar-refractivity contribution in [3.05, 3.63) is 77.9 Å². The summed E-state index contributed by atoms with van der Waals surface area (Å²) in [6, 6.07) is 22.1. The molecule has 0 aliphatic carbocycles. The molecule has 0 radical (unpaired) electrons. The van der Waals surface area contributed by atoms with Crippen molar-refractivity contribution in [1.29, 1.82) is 0 Å². The fraction of sp³-hybridized carbons (Fsp3) is 0.0909. The van der Waals surface area contributed by atoms with Gasteiger partial charge in [0, 0.05) is 5.56 Å². The lowest BCUT2D eigenvalue weighted by molar-refractivity contribution is 0.282. The minimum Gasteiger partial charge on any atom is -0.507 e. The van der Waals surface area contributed by atoms with E-state index in [1.165, 1.54) is 0 Å². The first-order valence-electron chi connectivity index (χ1n) is 8.04. The lowest BCUT2D eigenvalue weighted by Crippen LogP contribution is -1.94. The number of aryl methyl sites for hydroxylation is 1. The van der Waals surface area contributed by atoms with Crippen molar-refractivity contribution < 1.29 is 10.2 Å². The van der Waals surface area contributed by atoms with Crippen LogP contribution < -0.4 is 0 Å². The number of benzene rings is 4. The van der Waals surface area contributed by atoms with Crippen LogP contribution in [-0.4, -0.2) is 10.2 Å². The molecule has 0 aliphatic heterocycles. The summed E-state index contributed by atoms with van der Waals surface area (Å²) in [6.45, 7) is 1.84. The van der Waals surface area contributed by atoms with Crippen LogP contribution in [0.3, 0.4) is 0 Å². The molecule has 4 rings (SSSR count). The number of hydrogen-bond acceptors (Lipinski definition) is 2. The van der Waals surface area contributed by atoms with E-state index in [9.17, 15) is 10.2 Å². The number of aliphatic hydroxyl groups excluding tert-OH is 1. The zero-order valence-corrected chi connectivity index (χ0v) is 13.5. The summed E-state index contributed by atoms with van der Waals surface area (Å²) in [5.74, 6) is 0.278. The molecule has 0 saturated heterocycles. The molecule has 118 valence electrons. The van der Waals surface area contributed by atoms with E-state index in [2.05, 4.69) is 12.1 Å². The highest BCUT2D eigenvalue weighted by Gasteiger charge is 2.17. The molecule has 0 atom stereocenters. The van der Waals surface area contributed by atoms with Gasteiger partial charge in [0.2, 0.25) is 0 Å². The molecule has 0 aromatic heterocycles. The van der Waals surface area contributed by atoms with Crippen molar-refractivity contribution in [1.82, 2.24) is 0 Å². The van der Waals surface area contributed by atoms with Gasteiger partial charge in [0.15, 0.2) is 0 Å². The van der Waals surface area contributed by atoms with Crippen LogP contribution >= 0.6 is 0 Å². The number of aromatic hydroxyl groups is 1. The van der Waals surface area contributed by atoms with Crippen LogP contribution in [0.5, 0.6) is 5.75 Å². The molecule has 0 bridgehead atoms. The first-order chi connectivity index (χ1) is 11.7. The number of fused-ring (bicyclic) bond motifs is 2. The summed E-state index contributed by atoms with van der Waals surface area (Å²) in [5.41, 5.74) is 3.36. The maximum Gasteiger partial charge on any atom is 0.126 e. The molecule has 2 heteroatoms. The van der Waals surface area contributed by atoms with E-state index in [0.717, 1.165) is 43.8 Å². The first kappa shape index (κ1) is 14.7. The Morgan fingerprint density at radius 3 is 2.08 bits per heavy atom. The number of phenolic OH excluding ortho intramolecular Hbond substituents is 1. The normalized spacial score (nSPS) is 11.2. The van der Waals surface area contributed by atoms with Gasteiger partial charge in [0.05, 0.1) is 6.61 Å². The van der Waals surface area contributed by atoms with Gasteiger partial charge < -0.3 is 10.2 Å². The highest BCUT2D eigenvalue weighted by atomic mass is 16.3. The highest BCUT2D eigenvalue weighted by Crippen LogP contribution is 2.43. The molecule has 0 heterocycles. The molecule has 4 aromatic rings. The van der Waals surface area contributed by atoms with Crippen LogP contribution in [0, 0.1) is 6.92 Å². The summed E-state index contributed by atoms with van der Waals surface area (Å²) < 4.78 is 0. The molecule has 0 amide bonds. The first-order valence-corrected chi connectivity index (χ1v) is 8.04. The molecular weight excluding hydrogens is 296 g/mol. The van der Waals surface area contributed by atoms with E-state index in [4.69, 9.17) is 0 Å². The van der Waals surface area contributed by atoms with E-state index in [0.29, 0.717) is 0 Å². The number of rotatable bonds is 2. The van der Waals surface area contributed by atoms with Gasteiger partial charge in [-0.2, -0.15) is 0 Å². The molecule has 0 saturated carbocycles. The average Bonchev–Trinajstić information content (AvgIpc) is 2.62. The zero-order valence-electron chi connectivity index (χ0n) is 13.5. The van der Waals surface area contributed by atoms with Crippen LogP contribution in [0.25, 0.3) is 32.7 Å². The standard InChI is InChI=1S/C22H18O2/c1-14-12-16-7-3-5-9-19(16)21(22(14)24)20-17(13-23)11-10-15-6-2-4-8-18(15)20/h2-12,23-24H,13H2,1H3. The smallest absolute Gasteiger partial charge is 0.126 e. The predicted octanol–water partition coefficient (Wildman–Crippen LogP) is 5.17. The second kappa shape index (κ2) is 5.66. The van der Waals surface area contributed by atoms with Crippen molar-refractivity contribution in [3.8, 4) is 16.9 Å². The largest absolute Gasteiger partial charge is 0.507 e. The third-order valence-corrected chi connectivity index (χ3v) is 4.65. The molecule has 0 unspecified atom stereocenters. The van der Waals surface area contributed by atoms with Crippen LogP contribution in [0.15, 0.2) is 66.7 Å². The summed E-state index contributed by atoms with van der Waals surface area (Å²) in [5, 5.41) is 24.9. The van der Waals surface area contributed by atoms with E-state index in [-0.39, 0.29) is 12.4 Å². The summed E-state index contributed by atoms with van der Waals surface area (Å²) in [4.78, 5) is 0. The summed E-state index contributed by atoms with van der Waals surface area (Å²) in [7, 11) is 0. The summed E-state index contributed by atoms with van der Waals surface area (Å²) in [6.07, 6.45) is 0. The Hall–Kier alpha value is -2.84. The van der Waals surface area contributed by atoms with Crippen LogP contribution in [0.4, 0.5) is 0 Å². The van der Waals surface area contributed by atoms with E-state index < -0.39 is 0 Å². The molecule has 0 spiro atoms.